The first-order valence-electron chi connectivity index (χ1n) is 9.47. The average Bonchev–Trinajstić information content (AvgIpc) is 3.02. The maximum atomic E-state index is 12.7. The van der Waals surface area contributed by atoms with Gasteiger partial charge in [0.15, 0.2) is 5.13 Å². The zero-order valence-corrected chi connectivity index (χ0v) is 18.5. The monoisotopic (exact) mass is 431 g/mol. The number of fused-ring (bicyclic) bond motifs is 1. The fourth-order valence-electron chi connectivity index (χ4n) is 2.78. The minimum absolute atomic E-state index is 0.106. The number of benzene rings is 2. The molecule has 1 amide bonds. The van der Waals surface area contributed by atoms with Gasteiger partial charge in [-0.05, 0) is 48.2 Å². The molecular formula is C21H25N3O3S2. The molecule has 0 aliphatic heterocycles. The van der Waals surface area contributed by atoms with Crippen molar-refractivity contribution in [2.75, 3.05) is 10.0 Å². The maximum Gasteiger partial charge on any atom is 0.261 e. The molecule has 0 radical (unpaired) electrons. The summed E-state index contributed by atoms with van der Waals surface area (Å²) in [5.74, 6) is 0.262. The number of sulfonamides is 1. The summed E-state index contributed by atoms with van der Waals surface area (Å²) in [7, 11) is -3.69. The lowest BCUT2D eigenvalue weighted by Crippen LogP contribution is -2.17. The van der Waals surface area contributed by atoms with Crippen LogP contribution in [0.25, 0.3) is 10.2 Å². The van der Waals surface area contributed by atoms with E-state index < -0.39 is 10.0 Å². The lowest BCUT2D eigenvalue weighted by atomic mass is 10.0. The van der Waals surface area contributed by atoms with Crippen LogP contribution >= 0.6 is 11.3 Å². The first-order chi connectivity index (χ1) is 13.6. The van der Waals surface area contributed by atoms with Gasteiger partial charge in [-0.25, -0.2) is 13.4 Å². The molecule has 1 heterocycles. The summed E-state index contributed by atoms with van der Waals surface area (Å²) >= 11 is 1.35. The molecule has 0 bridgehead atoms. The maximum absolute atomic E-state index is 12.7. The van der Waals surface area contributed by atoms with Gasteiger partial charge in [-0.3, -0.25) is 9.52 Å². The van der Waals surface area contributed by atoms with Gasteiger partial charge in [0.2, 0.25) is 5.91 Å². The van der Waals surface area contributed by atoms with Gasteiger partial charge >= 0.3 is 0 Å². The van der Waals surface area contributed by atoms with Crippen molar-refractivity contribution >= 4 is 48.3 Å². The SMILES string of the molecule is CC(C)Cc1ccc(S(=O)(=O)Nc2ccc3sc(NC(=O)C(C)C)nc3c2)cc1. The second-order valence-electron chi connectivity index (χ2n) is 7.69. The minimum Gasteiger partial charge on any atom is -0.302 e. The Morgan fingerprint density at radius 1 is 1.07 bits per heavy atom. The van der Waals surface area contributed by atoms with Crippen LogP contribution in [-0.4, -0.2) is 19.3 Å². The van der Waals surface area contributed by atoms with E-state index in [9.17, 15) is 13.2 Å². The van der Waals surface area contributed by atoms with E-state index in [2.05, 4.69) is 28.9 Å². The van der Waals surface area contributed by atoms with E-state index in [0.717, 1.165) is 16.7 Å². The van der Waals surface area contributed by atoms with Crippen molar-refractivity contribution in [1.29, 1.82) is 0 Å². The number of carbonyl (C=O) groups is 1. The standard InChI is InChI=1S/C21H25N3O3S2/c1-13(2)11-15-5-8-17(9-6-15)29(26,27)24-16-7-10-19-18(12-16)22-21(28-19)23-20(25)14(3)4/h5-10,12-14,24H,11H2,1-4H3,(H,22,23,25). The summed E-state index contributed by atoms with van der Waals surface area (Å²) in [4.78, 5) is 16.5. The topological polar surface area (TPSA) is 88.2 Å². The Balaban J connectivity index is 1.78. The first kappa shape index (κ1) is 21.3. The molecule has 29 heavy (non-hydrogen) atoms. The van der Waals surface area contributed by atoms with E-state index >= 15 is 0 Å². The van der Waals surface area contributed by atoms with Crippen LogP contribution in [0.5, 0.6) is 0 Å². The van der Waals surface area contributed by atoms with Crippen LogP contribution in [0.4, 0.5) is 10.8 Å². The van der Waals surface area contributed by atoms with E-state index in [1.165, 1.54) is 11.3 Å². The highest BCUT2D eigenvalue weighted by Gasteiger charge is 2.16. The van der Waals surface area contributed by atoms with Gasteiger partial charge in [-0.2, -0.15) is 0 Å². The smallest absolute Gasteiger partial charge is 0.261 e. The molecule has 2 aromatic carbocycles. The highest BCUT2D eigenvalue weighted by atomic mass is 32.2. The van der Waals surface area contributed by atoms with Crippen LogP contribution in [0.15, 0.2) is 47.4 Å². The van der Waals surface area contributed by atoms with E-state index in [4.69, 9.17) is 0 Å². The van der Waals surface area contributed by atoms with E-state index in [1.807, 2.05) is 26.0 Å². The molecule has 2 N–H and O–H groups in total. The van der Waals surface area contributed by atoms with Crippen LogP contribution in [-0.2, 0) is 21.2 Å². The third kappa shape index (κ3) is 5.33. The molecule has 0 atom stereocenters. The third-order valence-corrected chi connectivity index (χ3v) is 6.62. The van der Waals surface area contributed by atoms with Crippen molar-refractivity contribution < 1.29 is 13.2 Å². The summed E-state index contributed by atoms with van der Waals surface area (Å²) < 4.78 is 28.9. The quantitative estimate of drug-likeness (QED) is 0.557. The number of amides is 1. The van der Waals surface area contributed by atoms with Gasteiger partial charge in [0, 0.05) is 5.92 Å². The molecule has 0 unspecified atom stereocenters. The van der Waals surface area contributed by atoms with Gasteiger partial charge in [0.1, 0.15) is 0 Å². The Labute approximate surface area is 175 Å². The highest BCUT2D eigenvalue weighted by molar-refractivity contribution is 7.92. The number of hydrogen-bond donors (Lipinski definition) is 2. The molecule has 6 nitrogen and oxygen atoms in total. The number of rotatable bonds is 7. The fraction of sp³-hybridized carbons (Fsp3) is 0.333. The summed E-state index contributed by atoms with van der Waals surface area (Å²) in [5, 5.41) is 3.27. The largest absolute Gasteiger partial charge is 0.302 e. The molecule has 0 saturated heterocycles. The van der Waals surface area contributed by atoms with Gasteiger partial charge < -0.3 is 5.32 Å². The minimum atomic E-state index is -3.69. The van der Waals surface area contributed by atoms with Crippen LogP contribution in [0.2, 0.25) is 0 Å². The van der Waals surface area contributed by atoms with Gasteiger partial charge in [-0.1, -0.05) is 51.2 Å². The number of anilines is 2. The molecule has 154 valence electrons. The molecule has 0 aliphatic carbocycles. The molecule has 0 saturated carbocycles. The number of thiazole rings is 1. The van der Waals surface area contributed by atoms with Crippen molar-refractivity contribution in [3.05, 3.63) is 48.0 Å². The van der Waals surface area contributed by atoms with Crippen molar-refractivity contribution in [1.82, 2.24) is 4.98 Å². The van der Waals surface area contributed by atoms with Gasteiger partial charge in [0.25, 0.3) is 10.0 Å². The molecule has 1 aromatic heterocycles. The Morgan fingerprint density at radius 2 is 1.76 bits per heavy atom. The summed E-state index contributed by atoms with van der Waals surface area (Å²) in [6, 6.07) is 12.1. The normalized spacial score (nSPS) is 11.9. The molecule has 3 aromatic rings. The summed E-state index contributed by atoms with van der Waals surface area (Å²) in [6.45, 7) is 7.87. The van der Waals surface area contributed by atoms with E-state index in [0.29, 0.717) is 22.3 Å². The highest BCUT2D eigenvalue weighted by Crippen LogP contribution is 2.29. The second-order valence-corrected chi connectivity index (χ2v) is 10.4. The predicted octanol–water partition coefficient (Wildman–Crippen LogP) is 4.89. The molecule has 0 fully saturated rings. The Bertz CT molecular complexity index is 1120. The lowest BCUT2D eigenvalue weighted by molar-refractivity contribution is -0.118. The van der Waals surface area contributed by atoms with Gasteiger partial charge in [0.05, 0.1) is 20.8 Å². The van der Waals surface area contributed by atoms with Crippen LogP contribution in [0, 0.1) is 11.8 Å². The van der Waals surface area contributed by atoms with Gasteiger partial charge in [-0.15, -0.1) is 0 Å². The Morgan fingerprint density at radius 3 is 2.38 bits per heavy atom. The summed E-state index contributed by atoms with van der Waals surface area (Å²) in [5.41, 5.74) is 2.16. The van der Waals surface area contributed by atoms with Crippen molar-refractivity contribution in [3.63, 3.8) is 0 Å². The molecule has 8 heteroatoms. The second kappa shape index (κ2) is 8.51. The number of nitrogens with zero attached hydrogens (tertiary/aromatic N) is 1. The van der Waals surface area contributed by atoms with Crippen molar-refractivity contribution in [2.45, 2.75) is 39.0 Å². The first-order valence-corrected chi connectivity index (χ1v) is 11.8. The molecular weight excluding hydrogens is 406 g/mol. The third-order valence-electron chi connectivity index (χ3n) is 4.27. The zero-order valence-electron chi connectivity index (χ0n) is 16.9. The van der Waals surface area contributed by atoms with E-state index in [-0.39, 0.29) is 16.7 Å². The van der Waals surface area contributed by atoms with Crippen molar-refractivity contribution in [3.8, 4) is 0 Å². The molecule has 0 aliphatic rings. The Kier molecular flexibility index (Phi) is 6.24. The van der Waals surface area contributed by atoms with Crippen LogP contribution in [0.3, 0.4) is 0 Å². The average molecular weight is 432 g/mol. The zero-order chi connectivity index (χ0) is 21.2. The fourth-order valence-corrected chi connectivity index (χ4v) is 4.68. The number of carbonyl (C=O) groups excluding carboxylic acids is 1. The number of aromatic nitrogens is 1. The van der Waals surface area contributed by atoms with E-state index in [1.54, 1.807) is 30.3 Å². The number of nitrogens with one attached hydrogen (secondary N) is 2. The summed E-state index contributed by atoms with van der Waals surface area (Å²) in [6.07, 6.45) is 0.907. The van der Waals surface area contributed by atoms with Crippen LogP contribution in [0.1, 0.15) is 33.3 Å². The van der Waals surface area contributed by atoms with Crippen molar-refractivity contribution in [2.24, 2.45) is 11.8 Å². The molecule has 3 rings (SSSR count). The molecule has 0 spiro atoms. The Hall–Kier alpha value is -2.45. The van der Waals surface area contributed by atoms with Crippen LogP contribution < -0.4 is 10.0 Å². The predicted molar refractivity (Wildman–Crippen MR) is 119 cm³/mol. The number of hydrogen-bond acceptors (Lipinski definition) is 5. The lowest BCUT2D eigenvalue weighted by Gasteiger charge is -2.09.